The number of thiazole rings is 1. The minimum atomic E-state index is -0.635. The van der Waals surface area contributed by atoms with Crippen LogP contribution < -0.4 is 19.8 Å². The number of benzene rings is 2. The molecule has 0 aliphatic carbocycles. The Labute approximate surface area is 233 Å². The van der Waals surface area contributed by atoms with Crippen LogP contribution in [-0.2, 0) is 14.3 Å². The first-order valence-electron chi connectivity index (χ1n) is 13.4. The average Bonchev–Trinajstić information content (AvgIpc) is 3.23. The molecule has 0 amide bonds. The Morgan fingerprint density at radius 2 is 1.74 bits per heavy atom. The number of allylic oxidation sites excluding steroid dienone is 1. The van der Waals surface area contributed by atoms with Crippen molar-refractivity contribution in [3.8, 4) is 0 Å². The van der Waals surface area contributed by atoms with Crippen molar-refractivity contribution in [1.82, 2.24) is 4.57 Å². The zero-order chi connectivity index (χ0) is 28.1. The Morgan fingerprint density at radius 1 is 1.08 bits per heavy atom. The first-order chi connectivity index (χ1) is 18.8. The van der Waals surface area contributed by atoms with E-state index in [0.29, 0.717) is 33.1 Å². The van der Waals surface area contributed by atoms with E-state index in [4.69, 9.17) is 9.47 Å². The van der Waals surface area contributed by atoms with Gasteiger partial charge in [-0.3, -0.25) is 9.36 Å². The third-order valence-electron chi connectivity index (χ3n) is 7.00. The Bertz CT molecular complexity index is 1510. The van der Waals surface area contributed by atoms with Gasteiger partial charge in [-0.2, -0.15) is 0 Å². The summed E-state index contributed by atoms with van der Waals surface area (Å²) in [7, 11) is 1.56. The van der Waals surface area contributed by atoms with Gasteiger partial charge in [0.1, 0.15) is 6.61 Å². The second kappa shape index (κ2) is 12.6. The maximum Gasteiger partial charge on any atom is 0.338 e. The number of fused-ring (bicyclic) bond motifs is 1. The molecule has 1 unspecified atom stereocenters. The van der Waals surface area contributed by atoms with E-state index < -0.39 is 12.0 Å². The zero-order valence-electron chi connectivity index (χ0n) is 23.6. The maximum atomic E-state index is 13.9. The molecule has 2 heterocycles. The summed E-state index contributed by atoms with van der Waals surface area (Å²) in [5.41, 5.74) is 4.84. The predicted molar refractivity (Wildman–Crippen MR) is 157 cm³/mol. The van der Waals surface area contributed by atoms with E-state index >= 15 is 0 Å². The van der Waals surface area contributed by atoms with Crippen LogP contribution in [-0.4, -0.2) is 43.9 Å². The molecule has 7 nitrogen and oxygen atoms in total. The minimum Gasteiger partial charge on any atom is -0.460 e. The van der Waals surface area contributed by atoms with Crippen LogP contribution in [0.25, 0.3) is 6.08 Å². The van der Waals surface area contributed by atoms with Gasteiger partial charge in [0.05, 0.1) is 28.5 Å². The third-order valence-corrected chi connectivity index (χ3v) is 7.98. The molecule has 1 aromatic heterocycles. The monoisotopic (exact) mass is 547 g/mol. The van der Waals surface area contributed by atoms with Crippen LogP contribution in [0.5, 0.6) is 0 Å². The number of hydrogen-bond acceptors (Lipinski definition) is 7. The van der Waals surface area contributed by atoms with Crippen LogP contribution in [0.15, 0.2) is 69.6 Å². The molecular weight excluding hydrogens is 510 g/mol. The number of ether oxygens (including phenoxy) is 2. The molecule has 0 N–H and O–H groups in total. The lowest BCUT2D eigenvalue weighted by Gasteiger charge is -2.25. The highest BCUT2D eigenvalue weighted by Gasteiger charge is 2.33. The minimum absolute atomic E-state index is 0.124. The standard InChI is InChI=1S/C31H37N3O4S/c1-7-33(8-2)25-15-9-22(10-16-25)19-26-29(35)34-28(24-13-11-23(12-14-24)20(3)4)27(21(5)32-31(34)39-26)30(36)38-18-17-37-6/h9-16,19-20,28H,7-8,17-18H2,1-6H3. The van der Waals surface area contributed by atoms with Gasteiger partial charge in [0.2, 0.25) is 0 Å². The van der Waals surface area contributed by atoms with Crippen molar-refractivity contribution in [2.75, 3.05) is 38.3 Å². The molecule has 0 fully saturated rings. The molecule has 1 atom stereocenters. The normalized spacial score (nSPS) is 15.4. The van der Waals surface area contributed by atoms with E-state index in [1.165, 1.54) is 16.9 Å². The van der Waals surface area contributed by atoms with Gasteiger partial charge in [0.25, 0.3) is 5.56 Å². The van der Waals surface area contributed by atoms with E-state index in [0.717, 1.165) is 29.9 Å². The molecule has 206 valence electrons. The Morgan fingerprint density at radius 3 is 2.33 bits per heavy atom. The van der Waals surface area contributed by atoms with Gasteiger partial charge in [-0.1, -0.05) is 61.6 Å². The fraction of sp³-hybridized carbons (Fsp3) is 0.387. The number of rotatable bonds is 10. The van der Waals surface area contributed by atoms with Gasteiger partial charge in [-0.25, -0.2) is 9.79 Å². The third kappa shape index (κ3) is 6.07. The number of anilines is 1. The molecule has 1 aliphatic rings. The fourth-order valence-electron chi connectivity index (χ4n) is 4.78. The van der Waals surface area contributed by atoms with Gasteiger partial charge in [-0.05, 0) is 61.6 Å². The summed E-state index contributed by atoms with van der Waals surface area (Å²) in [6.45, 7) is 12.6. The molecule has 0 spiro atoms. The van der Waals surface area contributed by atoms with Crippen LogP contribution in [0.3, 0.4) is 0 Å². The number of esters is 1. The van der Waals surface area contributed by atoms with E-state index in [1.807, 2.05) is 30.3 Å². The highest BCUT2D eigenvalue weighted by atomic mass is 32.1. The number of aromatic nitrogens is 1. The molecule has 8 heteroatoms. The first-order valence-corrected chi connectivity index (χ1v) is 14.2. The molecule has 1 aliphatic heterocycles. The summed E-state index contributed by atoms with van der Waals surface area (Å²) in [4.78, 5) is 34.7. The van der Waals surface area contributed by atoms with Crippen molar-refractivity contribution in [3.05, 3.63) is 96.2 Å². The molecular formula is C31H37N3O4S. The van der Waals surface area contributed by atoms with Gasteiger partial charge >= 0.3 is 5.97 Å². The molecule has 4 rings (SSSR count). The average molecular weight is 548 g/mol. The smallest absolute Gasteiger partial charge is 0.338 e. The van der Waals surface area contributed by atoms with Gasteiger partial charge < -0.3 is 14.4 Å². The highest BCUT2D eigenvalue weighted by molar-refractivity contribution is 7.07. The SMILES string of the molecule is CCN(CC)c1ccc(C=c2sc3n(c2=O)C(c2ccc(C(C)C)cc2)C(C(=O)OCCOC)=C(C)N=3)cc1. The maximum absolute atomic E-state index is 13.9. The largest absolute Gasteiger partial charge is 0.460 e. The van der Waals surface area contributed by atoms with E-state index in [-0.39, 0.29) is 12.2 Å². The molecule has 39 heavy (non-hydrogen) atoms. The number of hydrogen-bond donors (Lipinski definition) is 0. The molecule has 0 radical (unpaired) electrons. The summed E-state index contributed by atoms with van der Waals surface area (Å²) in [6.07, 6.45) is 1.89. The van der Waals surface area contributed by atoms with Crippen molar-refractivity contribution in [2.45, 2.75) is 46.6 Å². The topological polar surface area (TPSA) is 73.1 Å². The molecule has 0 saturated heterocycles. The molecule has 2 aromatic carbocycles. The first kappa shape index (κ1) is 28.5. The molecule has 0 saturated carbocycles. The summed E-state index contributed by atoms with van der Waals surface area (Å²) in [6, 6.07) is 15.7. The summed E-state index contributed by atoms with van der Waals surface area (Å²) in [5.74, 6) is -0.127. The zero-order valence-corrected chi connectivity index (χ0v) is 24.4. The lowest BCUT2D eigenvalue weighted by Crippen LogP contribution is -2.40. The van der Waals surface area contributed by atoms with Crippen LogP contribution in [0.2, 0.25) is 0 Å². The van der Waals surface area contributed by atoms with E-state index in [1.54, 1.807) is 18.6 Å². The molecule has 0 bridgehead atoms. The second-order valence-corrected chi connectivity index (χ2v) is 10.8. The number of nitrogens with zero attached hydrogens (tertiary/aromatic N) is 3. The lowest BCUT2D eigenvalue weighted by atomic mass is 9.93. The van der Waals surface area contributed by atoms with Gasteiger partial charge in [0.15, 0.2) is 4.80 Å². The Balaban J connectivity index is 1.81. The lowest BCUT2D eigenvalue weighted by molar-refractivity contribution is -0.140. The Hall–Kier alpha value is -3.49. The molecule has 3 aromatic rings. The van der Waals surface area contributed by atoms with Crippen molar-refractivity contribution in [3.63, 3.8) is 0 Å². The van der Waals surface area contributed by atoms with Crippen molar-refractivity contribution < 1.29 is 14.3 Å². The van der Waals surface area contributed by atoms with Crippen molar-refractivity contribution in [2.24, 2.45) is 4.99 Å². The quantitative estimate of drug-likeness (QED) is 0.278. The highest BCUT2D eigenvalue weighted by Crippen LogP contribution is 2.31. The van der Waals surface area contributed by atoms with Crippen LogP contribution in [0.4, 0.5) is 5.69 Å². The van der Waals surface area contributed by atoms with Crippen LogP contribution in [0, 0.1) is 0 Å². The summed E-state index contributed by atoms with van der Waals surface area (Å²) < 4.78 is 12.7. The number of carbonyl (C=O) groups is 1. The van der Waals surface area contributed by atoms with Crippen molar-refractivity contribution in [1.29, 1.82) is 0 Å². The van der Waals surface area contributed by atoms with E-state index in [2.05, 4.69) is 61.9 Å². The van der Waals surface area contributed by atoms with E-state index in [9.17, 15) is 9.59 Å². The summed E-state index contributed by atoms with van der Waals surface area (Å²) in [5, 5.41) is 0. The second-order valence-electron chi connectivity index (χ2n) is 9.80. The summed E-state index contributed by atoms with van der Waals surface area (Å²) >= 11 is 1.33. The van der Waals surface area contributed by atoms with Gasteiger partial charge in [0, 0.05) is 25.9 Å². The number of methoxy groups -OCH3 is 1. The fourth-order valence-corrected chi connectivity index (χ4v) is 5.82. The predicted octanol–water partition coefficient (Wildman–Crippen LogP) is 4.39. The number of carbonyl (C=O) groups excluding carboxylic acids is 1. The van der Waals surface area contributed by atoms with Crippen LogP contribution in [0.1, 0.15) is 63.3 Å². The van der Waals surface area contributed by atoms with Gasteiger partial charge in [-0.15, -0.1) is 0 Å². The Kier molecular flexibility index (Phi) is 9.20. The van der Waals surface area contributed by atoms with Crippen molar-refractivity contribution >= 4 is 29.1 Å². The van der Waals surface area contributed by atoms with Crippen LogP contribution >= 0.6 is 11.3 Å².